The zero-order valence-electron chi connectivity index (χ0n) is 7.49. The van der Waals surface area contributed by atoms with E-state index in [4.69, 9.17) is 5.11 Å². The minimum absolute atomic E-state index is 0.109. The first-order valence-corrected chi connectivity index (χ1v) is 6.00. The molecule has 0 heterocycles. The van der Waals surface area contributed by atoms with Gasteiger partial charge in [-0.2, -0.15) is 13.1 Å². The first-order chi connectivity index (χ1) is 6.14. The van der Waals surface area contributed by atoms with E-state index in [0.29, 0.717) is 19.4 Å². The zero-order valence-corrected chi connectivity index (χ0v) is 8.31. The summed E-state index contributed by atoms with van der Waals surface area (Å²) in [6.07, 6.45) is 3.18. The van der Waals surface area contributed by atoms with Crippen molar-refractivity contribution in [1.82, 2.24) is 9.44 Å². The number of aliphatic hydroxyl groups excluding tert-OH is 1. The Hall–Kier alpha value is -0.170. The lowest BCUT2D eigenvalue weighted by atomic mass is 10.3. The molecule has 1 saturated carbocycles. The molecular formula is C7H16N2O3S. The average molecular weight is 208 g/mol. The van der Waals surface area contributed by atoms with Crippen LogP contribution < -0.4 is 9.44 Å². The smallest absolute Gasteiger partial charge is 0.277 e. The Bertz CT molecular complexity index is 236. The Balaban J connectivity index is 2.10. The summed E-state index contributed by atoms with van der Waals surface area (Å²) in [4.78, 5) is 0. The zero-order chi connectivity index (χ0) is 9.73. The summed E-state index contributed by atoms with van der Waals surface area (Å²) < 4.78 is 27.2. The van der Waals surface area contributed by atoms with Crippen LogP contribution in [-0.4, -0.2) is 32.7 Å². The molecule has 5 nitrogen and oxygen atoms in total. The van der Waals surface area contributed by atoms with E-state index in [9.17, 15) is 8.42 Å². The summed E-state index contributed by atoms with van der Waals surface area (Å²) in [5.74, 6) is 0. The molecule has 0 spiro atoms. The van der Waals surface area contributed by atoms with Crippen LogP contribution in [0.1, 0.15) is 25.7 Å². The van der Waals surface area contributed by atoms with Crippen molar-refractivity contribution in [3.63, 3.8) is 0 Å². The number of nitrogens with one attached hydrogen (secondary N) is 2. The molecule has 1 aliphatic carbocycles. The molecule has 1 aliphatic rings. The quantitative estimate of drug-likeness (QED) is 0.486. The molecule has 0 amide bonds. The van der Waals surface area contributed by atoms with Crippen LogP contribution in [-0.2, 0) is 10.2 Å². The van der Waals surface area contributed by atoms with Crippen LogP contribution in [0.3, 0.4) is 0 Å². The maximum absolute atomic E-state index is 11.2. The highest BCUT2D eigenvalue weighted by Crippen LogP contribution is 2.19. The Kier molecular flexibility index (Phi) is 4.11. The fourth-order valence-electron chi connectivity index (χ4n) is 0.906. The fourth-order valence-corrected chi connectivity index (χ4v) is 2.08. The minimum atomic E-state index is -3.28. The van der Waals surface area contributed by atoms with Gasteiger partial charge < -0.3 is 5.11 Å². The second-order valence-electron chi connectivity index (χ2n) is 3.22. The van der Waals surface area contributed by atoms with E-state index >= 15 is 0 Å². The molecule has 0 atom stereocenters. The highest BCUT2D eigenvalue weighted by atomic mass is 32.2. The van der Waals surface area contributed by atoms with Gasteiger partial charge >= 0.3 is 0 Å². The summed E-state index contributed by atoms with van der Waals surface area (Å²) in [6, 6.07) is 0.148. The van der Waals surface area contributed by atoms with Gasteiger partial charge in [0.15, 0.2) is 0 Å². The summed E-state index contributed by atoms with van der Waals surface area (Å²) in [6.45, 7) is 0.500. The molecule has 3 N–H and O–H groups in total. The first-order valence-electron chi connectivity index (χ1n) is 4.52. The third kappa shape index (κ3) is 5.20. The summed E-state index contributed by atoms with van der Waals surface area (Å²) in [5.41, 5.74) is 0. The molecule has 0 unspecified atom stereocenters. The van der Waals surface area contributed by atoms with Crippen LogP contribution in [0.2, 0.25) is 0 Å². The van der Waals surface area contributed by atoms with Gasteiger partial charge in [0, 0.05) is 19.2 Å². The largest absolute Gasteiger partial charge is 0.396 e. The predicted molar refractivity (Wildman–Crippen MR) is 49.4 cm³/mol. The lowest BCUT2D eigenvalue weighted by Gasteiger charge is -2.06. The summed E-state index contributed by atoms with van der Waals surface area (Å²) in [7, 11) is -3.28. The number of aliphatic hydroxyl groups is 1. The number of hydrogen-bond donors (Lipinski definition) is 3. The molecule has 13 heavy (non-hydrogen) atoms. The van der Waals surface area contributed by atoms with E-state index in [1.54, 1.807) is 0 Å². The van der Waals surface area contributed by atoms with E-state index < -0.39 is 10.2 Å². The van der Waals surface area contributed by atoms with Crippen molar-refractivity contribution in [2.24, 2.45) is 0 Å². The van der Waals surface area contributed by atoms with Crippen molar-refractivity contribution >= 4 is 10.2 Å². The molecule has 0 aromatic carbocycles. The fraction of sp³-hybridized carbons (Fsp3) is 1.00. The third-order valence-electron chi connectivity index (χ3n) is 1.78. The lowest BCUT2D eigenvalue weighted by molar-refractivity contribution is 0.285. The number of unbranched alkanes of at least 4 members (excludes halogenated alkanes) is 1. The van der Waals surface area contributed by atoms with Gasteiger partial charge in [-0.25, -0.2) is 4.72 Å². The maximum Gasteiger partial charge on any atom is 0.277 e. The highest BCUT2D eigenvalue weighted by Gasteiger charge is 2.26. The molecule has 0 aliphatic heterocycles. The second kappa shape index (κ2) is 4.90. The topological polar surface area (TPSA) is 78.4 Å². The van der Waals surface area contributed by atoms with E-state index in [0.717, 1.165) is 12.8 Å². The molecule has 0 saturated heterocycles. The van der Waals surface area contributed by atoms with Crippen LogP contribution in [0.4, 0.5) is 0 Å². The Morgan fingerprint density at radius 2 is 2.00 bits per heavy atom. The van der Waals surface area contributed by atoms with Crippen LogP contribution in [0.15, 0.2) is 0 Å². The van der Waals surface area contributed by atoms with Crippen LogP contribution in [0.25, 0.3) is 0 Å². The normalized spacial score (nSPS) is 17.6. The summed E-state index contributed by atoms with van der Waals surface area (Å²) >= 11 is 0. The highest BCUT2D eigenvalue weighted by molar-refractivity contribution is 7.87. The van der Waals surface area contributed by atoms with Gasteiger partial charge in [0.25, 0.3) is 10.2 Å². The van der Waals surface area contributed by atoms with Crippen molar-refractivity contribution in [3.05, 3.63) is 0 Å². The van der Waals surface area contributed by atoms with Gasteiger partial charge in [0.1, 0.15) is 0 Å². The van der Waals surface area contributed by atoms with Gasteiger partial charge in [0.05, 0.1) is 0 Å². The lowest BCUT2D eigenvalue weighted by Crippen LogP contribution is -2.38. The van der Waals surface area contributed by atoms with Gasteiger partial charge in [-0.05, 0) is 25.7 Å². The van der Waals surface area contributed by atoms with E-state index in [-0.39, 0.29) is 12.6 Å². The standard InChI is InChI=1S/C7H16N2O3S/c10-6-2-1-5-8-13(11,12)9-7-3-4-7/h7-10H,1-6H2. The Morgan fingerprint density at radius 1 is 1.31 bits per heavy atom. The second-order valence-corrected chi connectivity index (χ2v) is 4.75. The van der Waals surface area contributed by atoms with Gasteiger partial charge in [0.2, 0.25) is 0 Å². The number of rotatable bonds is 7. The van der Waals surface area contributed by atoms with Crippen molar-refractivity contribution in [2.75, 3.05) is 13.2 Å². The van der Waals surface area contributed by atoms with Crippen molar-refractivity contribution < 1.29 is 13.5 Å². The predicted octanol–water partition coefficient (Wildman–Crippen LogP) is -0.655. The Morgan fingerprint density at radius 3 is 2.54 bits per heavy atom. The van der Waals surface area contributed by atoms with Gasteiger partial charge in [-0.1, -0.05) is 0 Å². The molecule has 1 fully saturated rings. The molecule has 0 aromatic rings. The summed E-state index contributed by atoms with van der Waals surface area (Å²) in [5, 5.41) is 8.46. The number of hydrogen-bond acceptors (Lipinski definition) is 3. The monoisotopic (exact) mass is 208 g/mol. The first kappa shape index (κ1) is 10.9. The van der Waals surface area contributed by atoms with Gasteiger partial charge in [-0.15, -0.1) is 0 Å². The van der Waals surface area contributed by atoms with E-state index in [1.807, 2.05) is 0 Å². The average Bonchev–Trinajstić information content (AvgIpc) is 2.81. The van der Waals surface area contributed by atoms with Crippen molar-refractivity contribution in [3.8, 4) is 0 Å². The van der Waals surface area contributed by atoms with E-state index in [2.05, 4.69) is 9.44 Å². The molecule has 1 rings (SSSR count). The van der Waals surface area contributed by atoms with Crippen LogP contribution in [0, 0.1) is 0 Å². The molecule has 78 valence electrons. The van der Waals surface area contributed by atoms with Crippen molar-refractivity contribution in [2.45, 2.75) is 31.7 Å². The molecular weight excluding hydrogens is 192 g/mol. The molecule has 0 aromatic heterocycles. The third-order valence-corrected chi connectivity index (χ3v) is 3.00. The minimum Gasteiger partial charge on any atom is -0.396 e. The molecule has 0 radical (unpaired) electrons. The molecule has 6 heteroatoms. The van der Waals surface area contributed by atoms with E-state index in [1.165, 1.54) is 0 Å². The van der Waals surface area contributed by atoms with Gasteiger partial charge in [-0.3, -0.25) is 0 Å². The van der Waals surface area contributed by atoms with Crippen molar-refractivity contribution in [1.29, 1.82) is 0 Å². The maximum atomic E-state index is 11.2. The van der Waals surface area contributed by atoms with Crippen LogP contribution >= 0.6 is 0 Å². The Labute approximate surface area is 78.7 Å². The van der Waals surface area contributed by atoms with Crippen LogP contribution in [0.5, 0.6) is 0 Å². The molecule has 0 bridgehead atoms. The SMILES string of the molecule is O=S(=O)(NCCCCO)NC1CC1.